The minimum Gasteiger partial charge on any atom is -0.478 e. The van der Waals surface area contributed by atoms with Crippen LogP contribution in [0, 0.1) is 0 Å². The van der Waals surface area contributed by atoms with E-state index >= 15 is 0 Å². The van der Waals surface area contributed by atoms with Crippen LogP contribution in [0.3, 0.4) is 0 Å². The van der Waals surface area contributed by atoms with E-state index in [-0.39, 0.29) is 11.1 Å². The quantitative estimate of drug-likeness (QED) is 0.513. The summed E-state index contributed by atoms with van der Waals surface area (Å²) in [6.45, 7) is 0.538. The molecule has 2 N–H and O–H groups in total. The summed E-state index contributed by atoms with van der Waals surface area (Å²) in [7, 11) is 0. The van der Waals surface area contributed by atoms with Crippen molar-refractivity contribution in [1.82, 2.24) is 15.0 Å². The number of carboxylic acid groups (broad SMARTS) is 1. The Morgan fingerprint density at radius 1 is 0.867 bits per heavy atom. The van der Waals surface area contributed by atoms with Crippen molar-refractivity contribution in [1.29, 1.82) is 0 Å². The number of nitrogens with zero attached hydrogens (tertiary/aromatic N) is 3. The van der Waals surface area contributed by atoms with Gasteiger partial charge in [0, 0.05) is 11.3 Å². The molecule has 0 atom stereocenters. The second-order valence-electron chi connectivity index (χ2n) is 6.67. The monoisotopic (exact) mass is 398 g/mol. The third kappa shape index (κ3) is 4.25. The van der Waals surface area contributed by atoms with Gasteiger partial charge in [-0.1, -0.05) is 59.8 Å². The van der Waals surface area contributed by atoms with Gasteiger partial charge >= 0.3 is 5.97 Å². The first-order chi connectivity index (χ1) is 14.6. The van der Waals surface area contributed by atoms with Crippen LogP contribution in [0.4, 0.5) is 5.69 Å². The summed E-state index contributed by atoms with van der Waals surface area (Å²) < 4.78 is 1.75. The molecule has 0 unspecified atom stereocenters. The van der Waals surface area contributed by atoms with Gasteiger partial charge in [-0.2, -0.15) is 0 Å². The van der Waals surface area contributed by atoms with Crippen LogP contribution in [0.15, 0.2) is 85.1 Å². The van der Waals surface area contributed by atoms with Crippen LogP contribution < -0.4 is 5.32 Å². The van der Waals surface area contributed by atoms with Gasteiger partial charge in [0.25, 0.3) is 5.91 Å². The number of carboxylic acids is 1. The number of nitrogens with one attached hydrogen (secondary N) is 1. The number of rotatable bonds is 6. The number of aromatic nitrogens is 3. The Hall–Kier alpha value is -4.26. The fourth-order valence-corrected chi connectivity index (χ4v) is 3.06. The molecule has 3 aromatic carbocycles. The van der Waals surface area contributed by atoms with E-state index in [1.807, 2.05) is 48.7 Å². The van der Waals surface area contributed by atoms with Crippen LogP contribution in [-0.4, -0.2) is 32.0 Å². The molecule has 0 aliphatic carbocycles. The Bertz CT molecular complexity index is 1180. The van der Waals surface area contributed by atoms with E-state index < -0.39 is 11.9 Å². The normalized spacial score (nSPS) is 10.5. The summed E-state index contributed by atoms with van der Waals surface area (Å²) in [5, 5.41) is 20.3. The van der Waals surface area contributed by atoms with Gasteiger partial charge in [-0.3, -0.25) is 4.79 Å². The Balaban J connectivity index is 1.43. The Kier molecular flexibility index (Phi) is 5.34. The second-order valence-corrected chi connectivity index (χ2v) is 6.67. The van der Waals surface area contributed by atoms with Gasteiger partial charge in [0.1, 0.15) is 5.69 Å². The fraction of sp³-hybridized carbons (Fsp3) is 0.0435. The van der Waals surface area contributed by atoms with Crippen LogP contribution in [0.5, 0.6) is 0 Å². The predicted octanol–water partition coefficient (Wildman–Crippen LogP) is 3.94. The zero-order valence-electron chi connectivity index (χ0n) is 15.9. The lowest BCUT2D eigenvalue weighted by Gasteiger charge is -2.08. The number of aromatic carboxylic acids is 1. The molecule has 0 bridgehead atoms. The summed E-state index contributed by atoms with van der Waals surface area (Å²) in [6.07, 6.45) is 1.88. The summed E-state index contributed by atoms with van der Waals surface area (Å²) in [6, 6.07) is 23.2. The molecule has 1 amide bonds. The highest BCUT2D eigenvalue weighted by molar-refractivity contribution is 6.10. The van der Waals surface area contributed by atoms with Gasteiger partial charge in [0.2, 0.25) is 0 Å². The van der Waals surface area contributed by atoms with E-state index in [4.69, 9.17) is 0 Å². The molecule has 0 saturated heterocycles. The van der Waals surface area contributed by atoms with E-state index in [2.05, 4.69) is 15.6 Å². The third-order valence-electron chi connectivity index (χ3n) is 4.57. The minimum absolute atomic E-state index is 0.0352. The standard InChI is InChI=1S/C23H18N4O3/c28-22(19-8-4-5-9-20(19)23(29)30)24-18-12-10-16(11-13-18)14-27-15-21(25-26-27)17-6-2-1-3-7-17/h1-13,15H,14H2,(H,24,28)(H,29,30). The number of benzene rings is 3. The van der Waals surface area contributed by atoms with Gasteiger partial charge in [0.15, 0.2) is 0 Å². The SMILES string of the molecule is O=C(O)c1ccccc1C(=O)Nc1ccc(Cn2cc(-c3ccccc3)nn2)cc1. The predicted molar refractivity (Wildman–Crippen MR) is 112 cm³/mol. The van der Waals surface area contributed by atoms with Crippen LogP contribution >= 0.6 is 0 Å². The molecular formula is C23H18N4O3. The molecule has 4 aromatic rings. The van der Waals surface area contributed by atoms with Crippen LogP contribution in [0.25, 0.3) is 11.3 Å². The number of anilines is 1. The highest BCUT2D eigenvalue weighted by Crippen LogP contribution is 2.17. The zero-order valence-corrected chi connectivity index (χ0v) is 15.9. The molecule has 0 radical (unpaired) electrons. The molecule has 148 valence electrons. The molecule has 0 fully saturated rings. The van der Waals surface area contributed by atoms with Crippen molar-refractivity contribution in [2.75, 3.05) is 5.32 Å². The molecule has 1 aromatic heterocycles. The lowest BCUT2D eigenvalue weighted by Crippen LogP contribution is -2.16. The van der Waals surface area contributed by atoms with E-state index in [1.165, 1.54) is 12.1 Å². The zero-order chi connectivity index (χ0) is 20.9. The largest absolute Gasteiger partial charge is 0.478 e. The van der Waals surface area contributed by atoms with Crippen molar-refractivity contribution in [3.05, 3.63) is 102 Å². The number of carbonyl (C=O) groups is 2. The molecule has 0 aliphatic heterocycles. The number of hydrogen-bond acceptors (Lipinski definition) is 4. The highest BCUT2D eigenvalue weighted by Gasteiger charge is 2.15. The molecule has 30 heavy (non-hydrogen) atoms. The van der Waals surface area contributed by atoms with Crippen molar-refractivity contribution in [2.24, 2.45) is 0 Å². The summed E-state index contributed by atoms with van der Waals surface area (Å²) >= 11 is 0. The van der Waals surface area contributed by atoms with Crippen molar-refractivity contribution < 1.29 is 14.7 Å². The number of carbonyl (C=O) groups excluding carboxylic acids is 1. The smallest absolute Gasteiger partial charge is 0.336 e. The highest BCUT2D eigenvalue weighted by atomic mass is 16.4. The summed E-state index contributed by atoms with van der Waals surface area (Å²) in [4.78, 5) is 23.8. The Morgan fingerprint density at radius 3 is 2.23 bits per heavy atom. The van der Waals surface area contributed by atoms with Crippen LogP contribution in [-0.2, 0) is 6.54 Å². The number of amides is 1. The van der Waals surface area contributed by atoms with Gasteiger partial charge in [-0.25, -0.2) is 9.48 Å². The van der Waals surface area contributed by atoms with Crippen LogP contribution in [0.2, 0.25) is 0 Å². The molecule has 7 nitrogen and oxygen atoms in total. The van der Waals surface area contributed by atoms with Gasteiger partial charge in [0.05, 0.1) is 23.9 Å². The van der Waals surface area contributed by atoms with E-state index in [1.54, 1.807) is 28.9 Å². The maximum Gasteiger partial charge on any atom is 0.336 e. The van der Waals surface area contributed by atoms with Crippen molar-refractivity contribution in [3.63, 3.8) is 0 Å². The molecule has 4 rings (SSSR count). The first-order valence-corrected chi connectivity index (χ1v) is 9.28. The summed E-state index contributed by atoms with van der Waals surface area (Å²) in [5.74, 6) is -1.61. The molecule has 1 heterocycles. The maximum atomic E-state index is 12.5. The molecule has 0 saturated carbocycles. The minimum atomic E-state index is -1.14. The Labute approximate surface area is 172 Å². The van der Waals surface area contributed by atoms with E-state index in [0.29, 0.717) is 12.2 Å². The average Bonchev–Trinajstić information content (AvgIpc) is 3.24. The lowest BCUT2D eigenvalue weighted by atomic mass is 10.1. The van der Waals surface area contributed by atoms with Crippen molar-refractivity contribution >= 4 is 17.6 Å². The van der Waals surface area contributed by atoms with Gasteiger partial charge in [-0.05, 0) is 29.8 Å². The third-order valence-corrected chi connectivity index (χ3v) is 4.57. The molecule has 7 heteroatoms. The molecule has 0 aliphatic rings. The molecular weight excluding hydrogens is 380 g/mol. The van der Waals surface area contributed by atoms with E-state index in [0.717, 1.165) is 16.8 Å². The van der Waals surface area contributed by atoms with Crippen molar-refractivity contribution in [2.45, 2.75) is 6.54 Å². The van der Waals surface area contributed by atoms with Gasteiger partial charge < -0.3 is 10.4 Å². The van der Waals surface area contributed by atoms with Crippen molar-refractivity contribution in [3.8, 4) is 11.3 Å². The van der Waals surface area contributed by atoms with Crippen LogP contribution in [0.1, 0.15) is 26.3 Å². The number of hydrogen-bond donors (Lipinski definition) is 2. The van der Waals surface area contributed by atoms with E-state index in [9.17, 15) is 14.7 Å². The average molecular weight is 398 g/mol. The van der Waals surface area contributed by atoms with Gasteiger partial charge in [-0.15, -0.1) is 5.10 Å². The molecule has 0 spiro atoms. The Morgan fingerprint density at radius 2 is 1.53 bits per heavy atom. The lowest BCUT2D eigenvalue weighted by molar-refractivity contribution is 0.0692. The topological polar surface area (TPSA) is 97.1 Å². The first-order valence-electron chi connectivity index (χ1n) is 9.28. The maximum absolute atomic E-state index is 12.5. The fourth-order valence-electron chi connectivity index (χ4n) is 3.06. The first kappa shape index (κ1) is 19.1. The second kappa shape index (κ2) is 8.40. The summed E-state index contributed by atoms with van der Waals surface area (Å²) in [5.41, 5.74) is 3.45.